The first-order valence-corrected chi connectivity index (χ1v) is 15.6. The van der Waals surface area contributed by atoms with Crippen molar-refractivity contribution in [1.29, 1.82) is 0 Å². The predicted octanol–water partition coefficient (Wildman–Crippen LogP) is 3.31. The van der Waals surface area contributed by atoms with Crippen molar-refractivity contribution < 1.29 is 50.6 Å². The minimum Gasteiger partial charge on any atom is -0.475 e. The van der Waals surface area contributed by atoms with Gasteiger partial charge >= 0.3 is 18.1 Å². The molecule has 0 aromatic heterocycles. The van der Waals surface area contributed by atoms with Crippen LogP contribution < -0.4 is 5.32 Å². The van der Waals surface area contributed by atoms with Crippen molar-refractivity contribution in [3.05, 3.63) is 90.5 Å². The number of likely N-dealkylation sites (N-methyl/N-ethyl adjacent to an activating group) is 1. The number of aliphatic carboxylic acids is 1. The number of likely N-dealkylation sites (tertiary alicyclic amines) is 1. The monoisotopic (exact) mass is 675 g/mol. The van der Waals surface area contributed by atoms with E-state index in [1.54, 1.807) is 24.3 Å². The Labute approximate surface area is 269 Å². The first-order chi connectivity index (χ1) is 22.0. The summed E-state index contributed by atoms with van der Waals surface area (Å²) in [5.74, 6) is -6.33. The Balaban J connectivity index is 0.000000644. The quantitative estimate of drug-likeness (QED) is 0.271. The van der Waals surface area contributed by atoms with Crippen LogP contribution in [0.3, 0.4) is 0 Å². The molecule has 3 aromatic rings. The van der Waals surface area contributed by atoms with Crippen molar-refractivity contribution in [3.63, 3.8) is 0 Å². The summed E-state index contributed by atoms with van der Waals surface area (Å²) in [5.41, 5.74) is 1.12. The van der Waals surface area contributed by atoms with Crippen LogP contribution in [-0.2, 0) is 40.5 Å². The van der Waals surface area contributed by atoms with Crippen LogP contribution in [0.15, 0.2) is 89.8 Å². The Morgan fingerprint density at radius 1 is 0.936 bits per heavy atom. The van der Waals surface area contributed by atoms with Crippen molar-refractivity contribution in [2.75, 3.05) is 20.7 Å². The second-order valence-corrected chi connectivity index (χ2v) is 13.2. The van der Waals surface area contributed by atoms with Gasteiger partial charge in [-0.05, 0) is 35.7 Å². The fourth-order valence-electron chi connectivity index (χ4n) is 5.81. The molecule has 2 fully saturated rings. The first kappa shape index (κ1) is 35.3. The Morgan fingerprint density at radius 3 is 1.96 bits per heavy atom. The number of nitrogens with one attached hydrogen (secondary N) is 1. The number of amides is 2. The molecular weight excluding hydrogens is 643 g/mol. The SMILES string of the molecule is COC(=O)[C@]1(C)N[C@H](CN(C)S(=O)(=O)c2ccc(-c3ccccc3)cc2)[C@@H]2C(=O)N(Cc3ccccc3)C(=O)[C@@H]21.O=C(O)C(F)(F)F. The molecule has 0 radical (unpaired) electrons. The topological polar surface area (TPSA) is 150 Å². The van der Waals surface area contributed by atoms with Gasteiger partial charge in [-0.15, -0.1) is 0 Å². The minimum absolute atomic E-state index is 0.0668. The fraction of sp³-hybridized carbons (Fsp3) is 0.312. The highest BCUT2D eigenvalue weighted by Crippen LogP contribution is 2.44. The molecule has 2 aliphatic rings. The van der Waals surface area contributed by atoms with E-state index in [1.807, 2.05) is 60.7 Å². The van der Waals surface area contributed by atoms with Gasteiger partial charge in [-0.1, -0.05) is 72.8 Å². The molecule has 250 valence electrons. The van der Waals surface area contributed by atoms with Gasteiger partial charge in [0.15, 0.2) is 0 Å². The van der Waals surface area contributed by atoms with Crippen LogP contribution in [0.1, 0.15) is 12.5 Å². The van der Waals surface area contributed by atoms with Gasteiger partial charge in [0.1, 0.15) is 5.54 Å². The fourth-order valence-corrected chi connectivity index (χ4v) is 7.01. The predicted molar refractivity (Wildman–Crippen MR) is 162 cm³/mol. The van der Waals surface area contributed by atoms with Gasteiger partial charge in [0.2, 0.25) is 21.8 Å². The van der Waals surface area contributed by atoms with E-state index in [-0.39, 0.29) is 18.0 Å². The Morgan fingerprint density at radius 2 is 1.45 bits per heavy atom. The zero-order valence-corrected chi connectivity index (χ0v) is 26.3. The van der Waals surface area contributed by atoms with Crippen molar-refractivity contribution in [2.24, 2.45) is 11.8 Å². The number of alkyl halides is 3. The second kappa shape index (κ2) is 13.6. The lowest BCUT2D eigenvalue weighted by Gasteiger charge is -2.29. The Bertz CT molecular complexity index is 1740. The van der Waals surface area contributed by atoms with E-state index in [9.17, 15) is 36.0 Å². The number of carboxylic acid groups (broad SMARTS) is 1. The molecular formula is C32H32F3N3O8S. The van der Waals surface area contributed by atoms with E-state index in [1.165, 1.54) is 21.1 Å². The lowest BCUT2D eigenvalue weighted by molar-refractivity contribution is -0.192. The zero-order chi connectivity index (χ0) is 34.7. The highest BCUT2D eigenvalue weighted by molar-refractivity contribution is 7.89. The van der Waals surface area contributed by atoms with Crippen LogP contribution in [0.25, 0.3) is 11.1 Å². The number of ether oxygens (including phenoxy) is 1. The number of benzene rings is 3. The molecule has 15 heteroatoms. The molecule has 11 nitrogen and oxygen atoms in total. The molecule has 3 aromatic carbocycles. The van der Waals surface area contributed by atoms with Crippen LogP contribution in [0, 0.1) is 11.8 Å². The molecule has 0 aliphatic carbocycles. The number of halogens is 3. The highest BCUT2D eigenvalue weighted by atomic mass is 32.2. The smallest absolute Gasteiger partial charge is 0.475 e. The molecule has 2 amide bonds. The van der Waals surface area contributed by atoms with Gasteiger partial charge in [0.05, 0.1) is 30.4 Å². The molecule has 2 saturated heterocycles. The number of esters is 1. The van der Waals surface area contributed by atoms with Gasteiger partial charge in [-0.3, -0.25) is 24.6 Å². The highest BCUT2D eigenvalue weighted by Gasteiger charge is 2.66. The lowest BCUT2D eigenvalue weighted by Crippen LogP contribution is -2.56. The third kappa shape index (κ3) is 7.21. The molecule has 2 aliphatic heterocycles. The van der Waals surface area contributed by atoms with Crippen molar-refractivity contribution in [2.45, 2.75) is 36.1 Å². The number of nitrogens with zero attached hydrogens (tertiary/aromatic N) is 2. The van der Waals surface area contributed by atoms with Crippen LogP contribution in [0.4, 0.5) is 13.2 Å². The maximum Gasteiger partial charge on any atom is 0.490 e. The number of rotatable bonds is 8. The lowest BCUT2D eigenvalue weighted by atomic mass is 9.81. The van der Waals surface area contributed by atoms with Gasteiger partial charge in [-0.2, -0.15) is 17.5 Å². The first-order valence-electron chi connectivity index (χ1n) is 14.2. The summed E-state index contributed by atoms with van der Waals surface area (Å²) in [4.78, 5) is 50.2. The standard InChI is InChI=1S/C30H31N3O6S.C2HF3O2/c1-30(29(36)39-3)26-25(27(34)33(28(26)35)18-20-10-6-4-7-11-20)24(31-30)19-32(2)40(37,38)23-16-14-22(15-17-23)21-12-8-5-9-13-21;3-2(4,5)1(6)7/h4-17,24-26,31H,18-19H2,1-3H3;(H,6,7)/t24-,25+,26-,30-;/m1./s1. The summed E-state index contributed by atoms with van der Waals surface area (Å²) in [6, 6.07) is 24.5. The number of fused-ring (bicyclic) bond motifs is 1. The van der Waals surface area contributed by atoms with Gasteiger partial charge in [0.25, 0.3) is 0 Å². The summed E-state index contributed by atoms with van der Waals surface area (Å²) in [6.07, 6.45) is -5.08. The molecule has 0 spiro atoms. The van der Waals surface area contributed by atoms with E-state index >= 15 is 0 Å². The number of methoxy groups -OCH3 is 1. The van der Waals surface area contributed by atoms with Crippen LogP contribution in [-0.4, -0.2) is 84.9 Å². The van der Waals surface area contributed by atoms with E-state index in [2.05, 4.69) is 5.32 Å². The van der Waals surface area contributed by atoms with Crippen LogP contribution >= 0.6 is 0 Å². The maximum atomic E-state index is 13.6. The largest absolute Gasteiger partial charge is 0.490 e. The average molecular weight is 676 g/mol. The molecule has 4 atom stereocenters. The maximum absolute atomic E-state index is 13.6. The van der Waals surface area contributed by atoms with Gasteiger partial charge < -0.3 is 9.84 Å². The number of hydrogen-bond acceptors (Lipinski definition) is 8. The molecule has 5 rings (SSSR count). The van der Waals surface area contributed by atoms with E-state index in [0.29, 0.717) is 0 Å². The molecule has 0 unspecified atom stereocenters. The molecule has 2 N–H and O–H groups in total. The molecule has 2 heterocycles. The van der Waals surface area contributed by atoms with Gasteiger partial charge in [-0.25, -0.2) is 13.2 Å². The van der Waals surface area contributed by atoms with E-state index in [4.69, 9.17) is 14.6 Å². The zero-order valence-electron chi connectivity index (χ0n) is 25.5. The number of imide groups is 1. The van der Waals surface area contributed by atoms with Crippen molar-refractivity contribution in [1.82, 2.24) is 14.5 Å². The third-order valence-electron chi connectivity index (χ3n) is 8.14. The van der Waals surface area contributed by atoms with Crippen LogP contribution in [0.5, 0.6) is 0 Å². The van der Waals surface area contributed by atoms with Crippen molar-refractivity contribution in [3.8, 4) is 11.1 Å². The Kier molecular flexibility index (Phi) is 10.2. The van der Waals surface area contributed by atoms with Crippen LogP contribution in [0.2, 0.25) is 0 Å². The van der Waals surface area contributed by atoms with Crippen molar-refractivity contribution >= 4 is 33.8 Å². The average Bonchev–Trinajstić information content (AvgIpc) is 3.49. The van der Waals surface area contributed by atoms with E-state index in [0.717, 1.165) is 25.9 Å². The number of carbonyl (C=O) groups is 4. The summed E-state index contributed by atoms with van der Waals surface area (Å²) in [6.45, 7) is 1.47. The molecule has 0 bridgehead atoms. The number of sulfonamides is 1. The summed E-state index contributed by atoms with van der Waals surface area (Å²) < 4.78 is 64.9. The third-order valence-corrected chi connectivity index (χ3v) is 9.98. The minimum atomic E-state index is -5.08. The summed E-state index contributed by atoms with van der Waals surface area (Å²) >= 11 is 0. The Hall–Kier alpha value is -4.60. The number of hydrogen-bond donors (Lipinski definition) is 2. The summed E-state index contributed by atoms with van der Waals surface area (Å²) in [7, 11) is -1.30. The van der Waals surface area contributed by atoms with E-state index < -0.39 is 63.4 Å². The number of carbonyl (C=O) groups excluding carboxylic acids is 3. The molecule has 0 saturated carbocycles. The normalized spacial score (nSPS) is 22.4. The second-order valence-electron chi connectivity index (χ2n) is 11.2. The summed E-state index contributed by atoms with van der Waals surface area (Å²) in [5, 5.41) is 10.2. The number of carboxylic acids is 1. The molecule has 47 heavy (non-hydrogen) atoms. The van der Waals surface area contributed by atoms with Gasteiger partial charge in [0, 0.05) is 19.6 Å².